The van der Waals surface area contributed by atoms with E-state index < -0.39 is 46.6 Å². The van der Waals surface area contributed by atoms with Gasteiger partial charge in [-0.3, -0.25) is 4.79 Å². The maximum Gasteiger partial charge on any atom is 0.407 e. The number of hydrogen-bond acceptors (Lipinski definition) is 7. The fourth-order valence-electron chi connectivity index (χ4n) is 5.72. The molecule has 0 saturated carbocycles. The van der Waals surface area contributed by atoms with Crippen LogP contribution in [0.15, 0.2) is 114 Å². The number of benzene rings is 2. The van der Waals surface area contributed by atoms with Gasteiger partial charge in [-0.2, -0.15) is 4.31 Å². The SMILES string of the molecule is C=C(C=CC(=CC)S(=O)(=O)N(CCC(C)C)C(CO)Cc1cccc(NC(=O)C(NC(=O)OC)C(C2=CCCC=C2)c2ccccc2)c1)CO. The lowest BCUT2D eigenvalue weighted by molar-refractivity contribution is -0.118. The minimum absolute atomic E-state index is 0.0235. The fraction of sp³-hybridized carbons (Fsp3) is 0.385. The summed E-state index contributed by atoms with van der Waals surface area (Å²) >= 11 is 0. The van der Waals surface area contributed by atoms with Crippen LogP contribution in [0.25, 0.3) is 0 Å². The van der Waals surface area contributed by atoms with Gasteiger partial charge in [-0.1, -0.05) is 93.3 Å². The van der Waals surface area contributed by atoms with Gasteiger partial charge in [0.25, 0.3) is 0 Å². The third-order valence-corrected chi connectivity index (χ3v) is 10.5. The van der Waals surface area contributed by atoms with E-state index in [1.807, 2.05) is 62.4 Å². The summed E-state index contributed by atoms with van der Waals surface area (Å²) in [7, 11) is -2.81. The number of alkyl carbamates (subject to hydrolysis) is 1. The Balaban J connectivity index is 1.94. The number of aliphatic hydroxyl groups excluding tert-OH is 2. The summed E-state index contributed by atoms with van der Waals surface area (Å²) < 4.78 is 34.2. The van der Waals surface area contributed by atoms with Crippen molar-refractivity contribution in [2.45, 2.75) is 64.5 Å². The minimum atomic E-state index is -4.05. The molecule has 0 bridgehead atoms. The van der Waals surface area contributed by atoms with Crippen molar-refractivity contribution in [2.75, 3.05) is 32.2 Å². The second kappa shape index (κ2) is 19.8. The monoisotopic (exact) mass is 705 g/mol. The van der Waals surface area contributed by atoms with Crippen LogP contribution in [-0.4, -0.2) is 73.9 Å². The number of hydrogen-bond donors (Lipinski definition) is 4. The predicted octanol–water partition coefficient (Wildman–Crippen LogP) is 6.00. The smallest absolute Gasteiger partial charge is 0.407 e. The molecule has 0 spiro atoms. The number of allylic oxidation sites excluding steroid dienone is 5. The molecule has 0 fully saturated rings. The summed E-state index contributed by atoms with van der Waals surface area (Å²) in [5.41, 5.74) is 3.24. The van der Waals surface area contributed by atoms with E-state index in [1.165, 1.54) is 29.6 Å². The molecular formula is C39H51N3O7S. The van der Waals surface area contributed by atoms with Gasteiger partial charge in [0.15, 0.2) is 0 Å². The number of ether oxygens (including phenoxy) is 1. The predicted molar refractivity (Wildman–Crippen MR) is 199 cm³/mol. The average Bonchev–Trinajstić information content (AvgIpc) is 3.11. The van der Waals surface area contributed by atoms with Gasteiger partial charge >= 0.3 is 6.09 Å². The van der Waals surface area contributed by atoms with Crippen molar-refractivity contribution in [1.82, 2.24) is 9.62 Å². The third kappa shape index (κ3) is 11.4. The lowest BCUT2D eigenvalue weighted by atomic mass is 9.82. The summed E-state index contributed by atoms with van der Waals surface area (Å²) in [5.74, 6) is -0.761. The molecule has 0 saturated heterocycles. The van der Waals surface area contributed by atoms with Gasteiger partial charge < -0.3 is 25.6 Å². The molecule has 11 heteroatoms. The van der Waals surface area contributed by atoms with Crippen molar-refractivity contribution >= 4 is 27.7 Å². The second-order valence-electron chi connectivity index (χ2n) is 12.6. The molecule has 1 aliphatic rings. The van der Waals surface area contributed by atoms with Crippen LogP contribution in [0.4, 0.5) is 10.5 Å². The average molecular weight is 706 g/mol. The first-order valence-electron chi connectivity index (χ1n) is 16.9. The van der Waals surface area contributed by atoms with Crippen LogP contribution in [0, 0.1) is 5.92 Å². The number of carbonyl (C=O) groups is 2. The number of anilines is 1. The van der Waals surface area contributed by atoms with E-state index in [0.29, 0.717) is 23.2 Å². The Hall–Kier alpha value is -4.29. The second-order valence-corrected chi connectivity index (χ2v) is 14.4. The maximum atomic E-state index is 14.0. The Bertz CT molecular complexity index is 1680. The summed E-state index contributed by atoms with van der Waals surface area (Å²) in [6.45, 7) is 8.75. The molecule has 0 aromatic heterocycles. The Kier molecular flexibility index (Phi) is 15.9. The highest BCUT2D eigenvalue weighted by molar-refractivity contribution is 7.93. The Morgan fingerprint density at radius 1 is 1.06 bits per heavy atom. The summed E-state index contributed by atoms with van der Waals surface area (Å²) in [6.07, 6.45) is 12.1. The van der Waals surface area contributed by atoms with Crippen LogP contribution in [-0.2, 0) is 26.0 Å². The van der Waals surface area contributed by atoms with Crippen molar-refractivity contribution in [2.24, 2.45) is 5.92 Å². The molecule has 0 aliphatic heterocycles. The number of amides is 2. The van der Waals surface area contributed by atoms with Gasteiger partial charge in [-0.25, -0.2) is 13.2 Å². The van der Waals surface area contributed by atoms with E-state index >= 15 is 0 Å². The zero-order valence-electron chi connectivity index (χ0n) is 29.4. The van der Waals surface area contributed by atoms with Crippen molar-refractivity contribution in [1.29, 1.82) is 0 Å². The van der Waals surface area contributed by atoms with Crippen molar-refractivity contribution in [3.05, 3.63) is 125 Å². The van der Waals surface area contributed by atoms with E-state index in [9.17, 15) is 28.2 Å². The fourth-order valence-corrected chi connectivity index (χ4v) is 7.41. The van der Waals surface area contributed by atoms with Crippen molar-refractivity contribution < 1.29 is 33.0 Å². The molecule has 2 aromatic carbocycles. The molecule has 270 valence electrons. The maximum absolute atomic E-state index is 14.0. The number of sulfonamides is 1. The van der Waals surface area contributed by atoms with Crippen LogP contribution in [0.2, 0.25) is 0 Å². The highest BCUT2D eigenvalue weighted by atomic mass is 32.2. The summed E-state index contributed by atoms with van der Waals surface area (Å²) in [6, 6.07) is 14.7. The van der Waals surface area contributed by atoms with E-state index in [2.05, 4.69) is 23.3 Å². The zero-order valence-corrected chi connectivity index (χ0v) is 30.2. The topological polar surface area (TPSA) is 145 Å². The van der Waals surface area contributed by atoms with Crippen LogP contribution < -0.4 is 10.6 Å². The number of nitrogens with one attached hydrogen (secondary N) is 2. The normalized spacial score (nSPS) is 15.4. The molecule has 1 aliphatic carbocycles. The van der Waals surface area contributed by atoms with Gasteiger partial charge in [0.1, 0.15) is 6.04 Å². The molecule has 3 rings (SSSR count). The summed E-state index contributed by atoms with van der Waals surface area (Å²) in [5, 5.41) is 25.6. The molecule has 2 amide bonds. The molecule has 2 aromatic rings. The van der Waals surface area contributed by atoms with E-state index in [0.717, 1.165) is 24.0 Å². The Labute approximate surface area is 297 Å². The number of methoxy groups -OCH3 is 1. The number of aliphatic hydroxyl groups is 2. The molecule has 3 atom stereocenters. The molecule has 10 nitrogen and oxygen atoms in total. The lowest BCUT2D eigenvalue weighted by Gasteiger charge is -2.31. The number of carbonyl (C=O) groups excluding carboxylic acids is 2. The quantitative estimate of drug-likeness (QED) is 0.139. The van der Waals surface area contributed by atoms with Crippen LogP contribution >= 0.6 is 0 Å². The third-order valence-electron chi connectivity index (χ3n) is 8.40. The minimum Gasteiger partial charge on any atom is -0.453 e. The van der Waals surface area contributed by atoms with Crippen LogP contribution in [0.3, 0.4) is 0 Å². The van der Waals surface area contributed by atoms with E-state index in [1.54, 1.807) is 25.1 Å². The van der Waals surface area contributed by atoms with Gasteiger partial charge in [0.2, 0.25) is 15.9 Å². The van der Waals surface area contributed by atoms with Crippen LogP contribution in [0.5, 0.6) is 0 Å². The van der Waals surface area contributed by atoms with Gasteiger partial charge in [-0.05, 0) is 79.0 Å². The van der Waals surface area contributed by atoms with E-state index in [-0.39, 0.29) is 30.4 Å². The molecule has 4 N–H and O–H groups in total. The lowest BCUT2D eigenvalue weighted by Crippen LogP contribution is -2.48. The van der Waals surface area contributed by atoms with E-state index in [4.69, 9.17) is 4.74 Å². The van der Waals surface area contributed by atoms with Gasteiger partial charge in [0.05, 0.1) is 31.3 Å². The first-order valence-corrected chi connectivity index (χ1v) is 18.3. The number of rotatable bonds is 18. The van der Waals surface area contributed by atoms with Gasteiger partial charge in [0, 0.05) is 18.2 Å². The molecular weight excluding hydrogens is 655 g/mol. The number of nitrogens with zero attached hydrogens (tertiary/aromatic N) is 1. The van der Waals surface area contributed by atoms with Crippen molar-refractivity contribution in [3.8, 4) is 0 Å². The first kappa shape index (κ1) is 40.1. The van der Waals surface area contributed by atoms with Crippen LogP contribution in [0.1, 0.15) is 57.1 Å². The van der Waals surface area contributed by atoms with Crippen molar-refractivity contribution in [3.63, 3.8) is 0 Å². The highest BCUT2D eigenvalue weighted by Crippen LogP contribution is 2.32. The Morgan fingerprint density at radius 2 is 1.80 bits per heavy atom. The molecule has 3 unspecified atom stereocenters. The first-order chi connectivity index (χ1) is 23.9. The molecule has 50 heavy (non-hydrogen) atoms. The zero-order chi connectivity index (χ0) is 36.7. The molecule has 0 heterocycles. The molecule has 0 radical (unpaired) electrons. The van der Waals surface area contributed by atoms with Gasteiger partial charge in [-0.15, -0.1) is 0 Å². The largest absolute Gasteiger partial charge is 0.453 e. The highest BCUT2D eigenvalue weighted by Gasteiger charge is 2.35. The summed E-state index contributed by atoms with van der Waals surface area (Å²) in [4.78, 5) is 26.6. The Morgan fingerprint density at radius 3 is 2.40 bits per heavy atom. The standard InChI is InChI=1S/C39H51N3O7S/c1-6-35(21-20-29(4)26-43)50(47,48)42(23-22-28(2)3)34(27-44)25-30-14-13-19-33(24-30)40-38(45)37(41-39(46)49-5)36(31-15-9-7-10-16-31)32-17-11-8-12-18-32/h6-7,9-11,13-21,24,28,34,36-37,43-44H,4,8,12,22-23,25-27H2,1-3,5H3,(H,40,45)(H,41,46).